The van der Waals surface area contributed by atoms with Crippen LogP contribution in [0.3, 0.4) is 0 Å². The summed E-state index contributed by atoms with van der Waals surface area (Å²) < 4.78 is 10.4. The fourth-order valence-corrected chi connectivity index (χ4v) is 3.31. The minimum Gasteiger partial charge on any atom is -0.481 e. The van der Waals surface area contributed by atoms with Crippen molar-refractivity contribution in [3.05, 3.63) is 0 Å². The number of carboxylic acid groups (broad SMARTS) is 2. The van der Waals surface area contributed by atoms with Crippen molar-refractivity contribution in [2.75, 3.05) is 13.2 Å². The molecule has 8 nitrogen and oxygen atoms in total. The number of aliphatic carboxylic acids is 2. The number of rotatable bonds is 4. The lowest BCUT2D eigenvalue weighted by molar-refractivity contribution is -0.143. The van der Waals surface area contributed by atoms with Crippen molar-refractivity contribution >= 4 is 11.9 Å². The summed E-state index contributed by atoms with van der Waals surface area (Å²) in [6.07, 6.45) is 6.37. The monoisotopic (exact) mass is 388 g/mol. The zero-order chi connectivity index (χ0) is 20.2. The summed E-state index contributed by atoms with van der Waals surface area (Å²) in [6.45, 7) is 3.69. The molecule has 2 aliphatic heterocycles. The average molecular weight is 388 g/mol. The minimum absolute atomic E-state index is 0.0451. The molecule has 2 aliphatic carbocycles. The number of aliphatic hydroxyl groups excluding tert-OH is 2. The highest BCUT2D eigenvalue weighted by Gasteiger charge is 2.46. The molecule has 4 aliphatic rings. The Morgan fingerprint density at radius 1 is 0.778 bits per heavy atom. The van der Waals surface area contributed by atoms with E-state index < -0.39 is 11.9 Å². The van der Waals surface area contributed by atoms with E-state index in [-0.39, 0.29) is 42.7 Å². The van der Waals surface area contributed by atoms with Crippen molar-refractivity contribution in [2.45, 2.75) is 76.8 Å². The van der Waals surface area contributed by atoms with Crippen LogP contribution < -0.4 is 0 Å². The second kappa shape index (κ2) is 9.32. The predicted molar refractivity (Wildman–Crippen MR) is 95.2 cm³/mol. The molecule has 0 aromatic rings. The van der Waals surface area contributed by atoms with E-state index in [4.69, 9.17) is 29.9 Å². The maximum Gasteiger partial charge on any atom is 0.306 e. The van der Waals surface area contributed by atoms with Gasteiger partial charge in [0, 0.05) is 5.41 Å². The summed E-state index contributed by atoms with van der Waals surface area (Å²) in [5.74, 6) is -1.59. The number of hydrogen-bond acceptors (Lipinski definition) is 6. The van der Waals surface area contributed by atoms with Crippen LogP contribution in [0.15, 0.2) is 0 Å². The Hall–Kier alpha value is -1.22. The van der Waals surface area contributed by atoms with E-state index in [0.717, 1.165) is 38.5 Å². The Bertz CT molecular complexity index is 476. The predicted octanol–water partition coefficient (Wildman–Crippen LogP) is 1.27. The van der Waals surface area contributed by atoms with Crippen molar-refractivity contribution in [3.63, 3.8) is 0 Å². The molecule has 0 aromatic carbocycles. The molecular formula is C19H32O8. The summed E-state index contributed by atoms with van der Waals surface area (Å²) in [5.41, 5.74) is -0.306. The Labute approximate surface area is 159 Å². The van der Waals surface area contributed by atoms with Crippen molar-refractivity contribution in [3.8, 4) is 0 Å². The number of carbonyl (C=O) groups is 2. The highest BCUT2D eigenvalue weighted by molar-refractivity contribution is 5.70. The van der Waals surface area contributed by atoms with Crippen molar-refractivity contribution in [2.24, 2.45) is 17.3 Å². The summed E-state index contributed by atoms with van der Waals surface area (Å²) in [7, 11) is 0. The van der Waals surface area contributed by atoms with Gasteiger partial charge in [0.05, 0.1) is 49.5 Å². The molecule has 156 valence electrons. The van der Waals surface area contributed by atoms with Gasteiger partial charge in [-0.1, -0.05) is 13.8 Å². The van der Waals surface area contributed by atoms with Crippen LogP contribution in [0, 0.1) is 17.3 Å². The number of epoxide rings is 2. The summed E-state index contributed by atoms with van der Waals surface area (Å²) in [5, 5.41) is 34.1. The lowest BCUT2D eigenvalue weighted by Crippen LogP contribution is -2.21. The topological polar surface area (TPSA) is 140 Å². The summed E-state index contributed by atoms with van der Waals surface area (Å²) in [6, 6.07) is 0. The summed E-state index contributed by atoms with van der Waals surface area (Å²) in [4.78, 5) is 20.9. The van der Waals surface area contributed by atoms with Crippen LogP contribution in [0.4, 0.5) is 0 Å². The van der Waals surface area contributed by atoms with Gasteiger partial charge in [0.15, 0.2) is 0 Å². The van der Waals surface area contributed by atoms with Crippen LogP contribution in [0.2, 0.25) is 0 Å². The molecule has 0 radical (unpaired) electrons. The first-order valence-electron chi connectivity index (χ1n) is 9.65. The zero-order valence-corrected chi connectivity index (χ0v) is 16.0. The molecule has 8 heteroatoms. The quantitative estimate of drug-likeness (QED) is 0.528. The van der Waals surface area contributed by atoms with Gasteiger partial charge in [-0.25, -0.2) is 0 Å². The van der Waals surface area contributed by atoms with Gasteiger partial charge in [0.25, 0.3) is 0 Å². The largest absolute Gasteiger partial charge is 0.481 e. The molecule has 0 bridgehead atoms. The lowest BCUT2D eigenvalue weighted by Gasteiger charge is -2.16. The van der Waals surface area contributed by atoms with Crippen molar-refractivity contribution < 1.29 is 39.5 Å². The maximum atomic E-state index is 10.5. The van der Waals surface area contributed by atoms with E-state index in [0.29, 0.717) is 12.2 Å². The van der Waals surface area contributed by atoms with Gasteiger partial charge in [0.1, 0.15) is 0 Å². The number of ether oxygens (including phenoxy) is 2. The van der Waals surface area contributed by atoms with E-state index >= 15 is 0 Å². The van der Waals surface area contributed by atoms with E-state index in [2.05, 4.69) is 0 Å². The first kappa shape index (κ1) is 22.1. The smallest absolute Gasteiger partial charge is 0.306 e. The molecule has 0 amide bonds. The molecule has 4 rings (SSSR count). The highest BCUT2D eigenvalue weighted by atomic mass is 16.6. The maximum absolute atomic E-state index is 10.5. The summed E-state index contributed by atoms with van der Waals surface area (Å²) >= 11 is 0. The van der Waals surface area contributed by atoms with Gasteiger partial charge in [-0.15, -0.1) is 0 Å². The molecule has 27 heavy (non-hydrogen) atoms. The minimum atomic E-state index is -0.658. The van der Waals surface area contributed by atoms with Crippen LogP contribution in [-0.2, 0) is 19.1 Å². The van der Waals surface area contributed by atoms with Crippen LogP contribution in [0.25, 0.3) is 0 Å². The second-order valence-electron chi connectivity index (χ2n) is 8.60. The third kappa shape index (κ3) is 7.03. The second-order valence-corrected chi connectivity index (χ2v) is 8.60. The molecule has 2 saturated carbocycles. The molecule has 6 unspecified atom stereocenters. The molecule has 0 aromatic heterocycles. The van der Waals surface area contributed by atoms with Gasteiger partial charge in [-0.3, -0.25) is 9.59 Å². The molecule has 6 atom stereocenters. The van der Waals surface area contributed by atoms with Crippen molar-refractivity contribution in [1.82, 2.24) is 0 Å². The van der Waals surface area contributed by atoms with Crippen molar-refractivity contribution in [1.29, 1.82) is 0 Å². The zero-order valence-electron chi connectivity index (χ0n) is 16.0. The molecular weight excluding hydrogens is 356 g/mol. The first-order valence-corrected chi connectivity index (χ1v) is 9.65. The van der Waals surface area contributed by atoms with E-state index in [1.54, 1.807) is 13.8 Å². The van der Waals surface area contributed by atoms with Gasteiger partial charge in [-0.2, -0.15) is 0 Å². The van der Waals surface area contributed by atoms with Gasteiger partial charge in [-0.05, 0) is 38.5 Å². The molecule has 4 N–H and O–H groups in total. The van der Waals surface area contributed by atoms with Gasteiger partial charge in [0.2, 0.25) is 0 Å². The van der Waals surface area contributed by atoms with Crippen LogP contribution in [0.1, 0.15) is 52.4 Å². The highest BCUT2D eigenvalue weighted by Crippen LogP contribution is 2.40. The Morgan fingerprint density at radius 2 is 1.15 bits per heavy atom. The fraction of sp³-hybridized carbons (Fsp3) is 0.895. The third-order valence-corrected chi connectivity index (χ3v) is 5.56. The van der Waals surface area contributed by atoms with E-state index in [1.165, 1.54) is 0 Å². The Morgan fingerprint density at radius 3 is 1.37 bits per heavy atom. The molecule has 4 fully saturated rings. The average Bonchev–Trinajstić information content (AvgIpc) is 3.55. The van der Waals surface area contributed by atoms with Gasteiger partial charge < -0.3 is 29.9 Å². The fourth-order valence-electron chi connectivity index (χ4n) is 3.31. The number of aliphatic hydroxyl groups is 2. The van der Waals surface area contributed by atoms with Gasteiger partial charge >= 0.3 is 11.9 Å². The van der Waals surface area contributed by atoms with Crippen LogP contribution >= 0.6 is 0 Å². The first-order chi connectivity index (χ1) is 12.7. The van der Waals surface area contributed by atoms with E-state index in [9.17, 15) is 9.59 Å². The number of carboxylic acids is 2. The van der Waals surface area contributed by atoms with E-state index in [1.807, 2.05) is 0 Å². The number of hydrogen-bond donors (Lipinski definition) is 4. The lowest BCUT2D eigenvalue weighted by atomic mass is 9.90. The molecule has 2 saturated heterocycles. The van der Waals surface area contributed by atoms with Crippen LogP contribution in [-0.4, -0.2) is 70.0 Å². The Kier molecular flexibility index (Phi) is 7.62. The molecule has 0 spiro atoms. The van der Waals surface area contributed by atoms with Crippen LogP contribution in [0.5, 0.6) is 0 Å². The SMILES string of the molecule is CC(C)(CO)CO.O=C(O)C1CCC2OC2C1.O=C(O)C1CCC2OC2C1. The Balaban J connectivity index is 0.000000149. The number of fused-ring (bicyclic) bond motifs is 2. The third-order valence-electron chi connectivity index (χ3n) is 5.56. The normalized spacial score (nSPS) is 35.9. The standard InChI is InChI=1S/2C7H10O3.C5H12O2/c2*8-7(9)4-1-2-5-6(3-4)10-5;1-5(2,3-6)4-7/h2*4-6H,1-3H2,(H,8,9);6-7H,3-4H2,1-2H3. The molecule has 2 heterocycles.